The van der Waals surface area contributed by atoms with Crippen LogP contribution in [-0.2, 0) is 0 Å². The minimum atomic E-state index is 0.631. The first-order valence-corrected chi connectivity index (χ1v) is 28.6. The van der Waals surface area contributed by atoms with Crippen LogP contribution in [0, 0.1) is 0 Å². The highest BCUT2D eigenvalue weighted by molar-refractivity contribution is 6.29. The van der Waals surface area contributed by atoms with Crippen molar-refractivity contribution in [2.75, 3.05) is 0 Å². The van der Waals surface area contributed by atoms with Gasteiger partial charge in [0.15, 0.2) is 23.3 Å². The van der Waals surface area contributed by atoms with Gasteiger partial charge in [-0.05, 0) is 192 Å². The molecule has 0 unspecified atom stereocenters. The molecule has 0 amide bonds. The fraction of sp³-hybridized carbons (Fsp3) is 0. The largest absolute Gasteiger partial charge is 0.237 e. The Balaban J connectivity index is 0.739. The van der Waals surface area contributed by atoms with Gasteiger partial charge in [-0.3, -0.25) is 0 Å². The number of rotatable bonds is 7. The van der Waals surface area contributed by atoms with Crippen molar-refractivity contribution in [3.8, 4) is 123 Å². The molecule has 0 saturated heterocycles. The van der Waals surface area contributed by atoms with Crippen molar-refractivity contribution in [1.82, 2.24) is 24.9 Å². The van der Waals surface area contributed by atoms with E-state index in [4.69, 9.17) is 15.0 Å². The summed E-state index contributed by atoms with van der Waals surface area (Å²) in [6.45, 7) is 0. The fourth-order valence-corrected chi connectivity index (χ4v) is 13.8. The molecule has 386 valence electrons. The topological polar surface area (TPSA) is 64.5 Å². The molecule has 14 aromatic carbocycles. The van der Waals surface area contributed by atoms with Crippen LogP contribution in [0.2, 0.25) is 0 Å². The Morgan fingerprint density at radius 1 is 0.179 bits per heavy atom. The molecule has 5 heteroatoms. The van der Waals surface area contributed by atoms with Crippen LogP contribution in [0.15, 0.2) is 273 Å². The molecule has 84 heavy (non-hydrogen) atoms. The molecule has 5 nitrogen and oxygen atoms in total. The first-order chi connectivity index (χ1) is 41.6. The summed E-state index contributed by atoms with van der Waals surface area (Å²) in [4.78, 5) is 25.0. The molecule has 2 aliphatic rings. The van der Waals surface area contributed by atoms with Gasteiger partial charge in [0.2, 0.25) is 0 Å². The van der Waals surface area contributed by atoms with Gasteiger partial charge in [0.05, 0.1) is 0 Å². The normalized spacial score (nSPS) is 12.0. The lowest BCUT2D eigenvalue weighted by Gasteiger charge is -2.15. The number of nitrogens with zero attached hydrogens (tertiary/aromatic N) is 5. The zero-order chi connectivity index (χ0) is 55.0. The summed E-state index contributed by atoms with van der Waals surface area (Å²) in [6, 6.07) is 95.0. The zero-order valence-corrected chi connectivity index (χ0v) is 45.2. The van der Waals surface area contributed by atoms with Crippen molar-refractivity contribution in [3.63, 3.8) is 0 Å². The highest BCUT2D eigenvalue weighted by Gasteiger charge is 2.28. The molecule has 0 spiro atoms. The average molecular weight is 1060 g/mol. The second-order valence-electron chi connectivity index (χ2n) is 22.3. The number of aromatic nitrogens is 5. The highest BCUT2D eigenvalue weighted by atomic mass is 15.0. The SMILES string of the molecule is c1ccc(-c2nc(-c3ccc4ccc(-c5ccc6c(c5)-c5ccc(-c7cccc(-c8cccc9cc(-c%10ncccn%10)ccc89)c7)c7c5c-6cc5ccccc57)cc4c3)nc(-c3ccc4c5c(cc6ccccc6c35)-c3ccccc3-4)n2)cc1. The lowest BCUT2D eigenvalue weighted by molar-refractivity contribution is 1.08. The average Bonchev–Trinajstić information content (AvgIpc) is 4.28. The first-order valence-electron chi connectivity index (χ1n) is 28.6. The second-order valence-corrected chi connectivity index (χ2v) is 22.3. The molecular weight excluding hydrogens is 1020 g/mol. The van der Waals surface area contributed by atoms with E-state index >= 15 is 0 Å². The summed E-state index contributed by atoms with van der Waals surface area (Å²) >= 11 is 0. The molecular formula is C79H45N5. The van der Waals surface area contributed by atoms with Crippen LogP contribution in [0.5, 0.6) is 0 Å². The Hall–Kier alpha value is -11.3. The van der Waals surface area contributed by atoms with Crippen molar-refractivity contribution in [1.29, 1.82) is 0 Å². The van der Waals surface area contributed by atoms with Crippen molar-refractivity contribution in [2.45, 2.75) is 0 Å². The third-order valence-electron chi connectivity index (χ3n) is 17.6. The Morgan fingerprint density at radius 2 is 0.655 bits per heavy atom. The minimum absolute atomic E-state index is 0.631. The van der Waals surface area contributed by atoms with Gasteiger partial charge in [-0.25, -0.2) is 24.9 Å². The molecule has 2 aliphatic carbocycles. The van der Waals surface area contributed by atoms with Gasteiger partial charge in [-0.15, -0.1) is 0 Å². The molecule has 0 bridgehead atoms. The van der Waals surface area contributed by atoms with Crippen LogP contribution in [0.3, 0.4) is 0 Å². The van der Waals surface area contributed by atoms with Gasteiger partial charge in [-0.2, -0.15) is 0 Å². The summed E-state index contributed by atoms with van der Waals surface area (Å²) in [5, 5.41) is 14.5. The van der Waals surface area contributed by atoms with Gasteiger partial charge in [0, 0.05) is 40.0 Å². The third-order valence-corrected chi connectivity index (χ3v) is 17.6. The lowest BCUT2D eigenvalue weighted by atomic mass is 9.89. The Bertz CT molecular complexity index is 5500. The van der Waals surface area contributed by atoms with Crippen LogP contribution in [0.4, 0.5) is 0 Å². The van der Waals surface area contributed by atoms with Crippen molar-refractivity contribution in [2.24, 2.45) is 0 Å². The molecule has 0 aliphatic heterocycles. The predicted molar refractivity (Wildman–Crippen MR) is 347 cm³/mol. The van der Waals surface area contributed by atoms with E-state index in [1.54, 1.807) is 12.4 Å². The molecule has 2 aromatic heterocycles. The van der Waals surface area contributed by atoms with Crippen LogP contribution < -0.4 is 0 Å². The maximum Gasteiger partial charge on any atom is 0.164 e. The van der Waals surface area contributed by atoms with Crippen LogP contribution in [-0.4, -0.2) is 24.9 Å². The second kappa shape index (κ2) is 18.1. The first kappa shape index (κ1) is 46.5. The number of hydrogen-bond acceptors (Lipinski definition) is 5. The smallest absolute Gasteiger partial charge is 0.164 e. The van der Waals surface area contributed by atoms with Crippen molar-refractivity contribution in [3.05, 3.63) is 273 Å². The monoisotopic (exact) mass is 1060 g/mol. The summed E-state index contributed by atoms with van der Waals surface area (Å²) in [7, 11) is 0. The molecule has 0 atom stereocenters. The molecule has 2 heterocycles. The maximum atomic E-state index is 5.41. The van der Waals surface area contributed by atoms with E-state index in [1.807, 2.05) is 24.3 Å². The van der Waals surface area contributed by atoms with Gasteiger partial charge in [0.25, 0.3) is 0 Å². The number of fused-ring (bicyclic) bond motifs is 12. The van der Waals surface area contributed by atoms with E-state index in [1.165, 1.54) is 110 Å². The van der Waals surface area contributed by atoms with E-state index in [-0.39, 0.29) is 0 Å². The summed E-state index contributed by atoms with van der Waals surface area (Å²) in [6.07, 6.45) is 3.59. The maximum absolute atomic E-state index is 5.41. The summed E-state index contributed by atoms with van der Waals surface area (Å²) in [5.74, 6) is 2.64. The van der Waals surface area contributed by atoms with Crippen molar-refractivity contribution >= 4 is 64.6 Å². The molecule has 0 N–H and O–H groups in total. The highest BCUT2D eigenvalue weighted by Crippen LogP contribution is 2.54. The molecule has 0 saturated carbocycles. The summed E-state index contributed by atoms with van der Waals surface area (Å²) < 4.78 is 0. The Labute approximate surface area is 483 Å². The van der Waals surface area contributed by atoms with Crippen LogP contribution in [0.25, 0.3) is 188 Å². The van der Waals surface area contributed by atoms with E-state index in [9.17, 15) is 0 Å². The third kappa shape index (κ3) is 7.12. The van der Waals surface area contributed by atoms with Crippen LogP contribution >= 0.6 is 0 Å². The van der Waals surface area contributed by atoms with Crippen molar-refractivity contribution < 1.29 is 0 Å². The van der Waals surface area contributed by atoms with E-state index in [2.05, 4.69) is 247 Å². The lowest BCUT2D eigenvalue weighted by Crippen LogP contribution is -2.01. The predicted octanol–water partition coefficient (Wildman–Crippen LogP) is 20.5. The van der Waals surface area contributed by atoms with Gasteiger partial charge >= 0.3 is 0 Å². The Kier molecular flexibility index (Phi) is 10.0. The van der Waals surface area contributed by atoms with Gasteiger partial charge in [0.1, 0.15) is 0 Å². The van der Waals surface area contributed by atoms with E-state index in [0.29, 0.717) is 17.5 Å². The van der Waals surface area contributed by atoms with E-state index < -0.39 is 0 Å². The summed E-state index contributed by atoms with van der Waals surface area (Å²) in [5.41, 5.74) is 21.0. The molecule has 0 fully saturated rings. The fourth-order valence-electron chi connectivity index (χ4n) is 13.8. The molecule has 16 aromatic rings. The van der Waals surface area contributed by atoms with E-state index in [0.717, 1.165) is 60.8 Å². The zero-order valence-electron chi connectivity index (χ0n) is 45.2. The quantitative estimate of drug-likeness (QED) is 0.149. The molecule has 18 rings (SSSR count). The number of benzene rings is 14. The molecule has 0 radical (unpaired) electrons. The van der Waals surface area contributed by atoms with Gasteiger partial charge in [-0.1, -0.05) is 206 Å². The minimum Gasteiger partial charge on any atom is -0.237 e. The van der Waals surface area contributed by atoms with Gasteiger partial charge < -0.3 is 0 Å². The number of hydrogen-bond donors (Lipinski definition) is 0. The Morgan fingerprint density at radius 3 is 1.43 bits per heavy atom. The standard InChI is InChI=1S/C79H45N5/c1-2-13-47(14-3-1)77-82-78(84-79(83-77)68-36-35-66-63-22-8-9-23-64(63)70-44-54-16-5-7-21-61(54)73(68)74(66)70)56-28-26-46-25-27-48(39-57(46)42-56)49-29-32-65-69(43-49)67-34-33-62(72-60-20-6-4-15-53(60)45-71(65)75(67)72)52-18-10-17-50(40-52)58-24-11-19-51-41-55(30-31-59(51)58)76-80-37-12-38-81-76/h1-45H. The van der Waals surface area contributed by atoms with Crippen LogP contribution in [0.1, 0.15) is 0 Å².